The fourth-order valence-corrected chi connectivity index (χ4v) is 1.45. The van der Waals surface area contributed by atoms with Gasteiger partial charge in [0.1, 0.15) is 18.2 Å². The predicted octanol–water partition coefficient (Wildman–Crippen LogP) is -0.972. The highest BCUT2D eigenvalue weighted by Gasteiger charge is 2.12. The Labute approximate surface area is 99.2 Å². The molecule has 18 heavy (non-hydrogen) atoms. The summed E-state index contributed by atoms with van der Waals surface area (Å²) in [5.74, 6) is 0.398. The first kappa shape index (κ1) is 10.1. The Kier molecular flexibility index (Phi) is 2.12. The van der Waals surface area contributed by atoms with E-state index < -0.39 is 0 Å². The molecule has 0 aliphatic carbocycles. The first-order valence-corrected chi connectivity index (χ1v) is 4.83. The third-order valence-electron chi connectivity index (χ3n) is 2.25. The third-order valence-corrected chi connectivity index (χ3v) is 2.25. The van der Waals surface area contributed by atoms with Gasteiger partial charge in [-0.1, -0.05) is 5.16 Å². The van der Waals surface area contributed by atoms with E-state index in [1.54, 1.807) is 0 Å². The number of aromatic nitrogens is 7. The van der Waals surface area contributed by atoms with Crippen molar-refractivity contribution >= 4 is 17.0 Å². The quantitative estimate of drug-likeness (QED) is 0.228. The first-order valence-electron chi connectivity index (χ1n) is 4.83. The second-order valence-electron chi connectivity index (χ2n) is 3.30. The summed E-state index contributed by atoms with van der Waals surface area (Å²) >= 11 is 0. The Balaban J connectivity index is 2.15. The number of rotatable bonds is 2. The zero-order valence-electron chi connectivity index (χ0n) is 8.89. The second kappa shape index (κ2) is 3.76. The first-order chi connectivity index (χ1) is 8.79. The molecule has 3 aromatic heterocycles. The lowest BCUT2D eigenvalue weighted by Gasteiger charge is -1.98. The molecule has 0 fully saturated rings. The van der Waals surface area contributed by atoms with Crippen LogP contribution in [0.15, 0.2) is 24.1 Å². The van der Waals surface area contributed by atoms with Crippen LogP contribution in [0.2, 0.25) is 0 Å². The molecule has 90 valence electrons. The molecule has 0 atom stereocenters. The van der Waals surface area contributed by atoms with E-state index in [1.165, 1.54) is 23.7 Å². The molecular formula is C8H7N9O. The van der Waals surface area contributed by atoms with E-state index >= 15 is 0 Å². The van der Waals surface area contributed by atoms with Crippen LogP contribution in [0.5, 0.6) is 0 Å². The largest absolute Gasteiger partial charge is 0.409 e. The molecule has 0 saturated heterocycles. The number of nitrogens with one attached hydrogen (secondary N) is 1. The number of amidine groups is 1. The van der Waals surface area contributed by atoms with Crippen LogP contribution in [-0.4, -0.2) is 45.7 Å². The minimum Gasteiger partial charge on any atom is -0.409 e. The predicted molar refractivity (Wildman–Crippen MR) is 59.1 cm³/mol. The van der Waals surface area contributed by atoms with Crippen molar-refractivity contribution in [3.63, 3.8) is 0 Å². The standard InChI is InChI=1S/C8H7N9O/c9-5(16-18)7-14-3-17(15-7)8-4-6(11-1-10-4)12-2-13-8/h1-3,18H,(H2,9,16)(H,10,11,12,13). The van der Waals surface area contributed by atoms with Gasteiger partial charge in [-0.05, 0) is 0 Å². The van der Waals surface area contributed by atoms with Crippen molar-refractivity contribution < 1.29 is 5.21 Å². The Morgan fingerprint density at radius 2 is 2.22 bits per heavy atom. The molecule has 0 unspecified atom stereocenters. The van der Waals surface area contributed by atoms with E-state index in [0.29, 0.717) is 17.0 Å². The van der Waals surface area contributed by atoms with E-state index in [9.17, 15) is 0 Å². The molecule has 10 heteroatoms. The summed E-state index contributed by atoms with van der Waals surface area (Å²) in [6.07, 6.45) is 4.27. The van der Waals surface area contributed by atoms with Gasteiger partial charge >= 0.3 is 0 Å². The zero-order chi connectivity index (χ0) is 12.5. The van der Waals surface area contributed by atoms with E-state index in [2.05, 4.69) is 35.2 Å². The van der Waals surface area contributed by atoms with Crippen LogP contribution in [0, 0.1) is 0 Å². The number of nitrogens with two attached hydrogens (primary N) is 1. The second-order valence-corrected chi connectivity index (χ2v) is 3.30. The molecule has 10 nitrogen and oxygen atoms in total. The average molecular weight is 245 g/mol. The van der Waals surface area contributed by atoms with Crippen LogP contribution < -0.4 is 5.73 Å². The van der Waals surface area contributed by atoms with Gasteiger partial charge in [-0.3, -0.25) is 0 Å². The van der Waals surface area contributed by atoms with Crippen molar-refractivity contribution in [2.24, 2.45) is 10.9 Å². The van der Waals surface area contributed by atoms with Crippen molar-refractivity contribution in [3.8, 4) is 5.82 Å². The number of hydrogen-bond donors (Lipinski definition) is 3. The maximum absolute atomic E-state index is 8.54. The Hall–Kier alpha value is -3.04. The summed E-state index contributed by atoms with van der Waals surface area (Å²) in [5, 5.41) is 15.4. The third kappa shape index (κ3) is 1.43. The normalized spacial score (nSPS) is 12.1. The summed E-state index contributed by atoms with van der Waals surface area (Å²) in [5.41, 5.74) is 6.52. The summed E-state index contributed by atoms with van der Waals surface area (Å²) in [6.45, 7) is 0. The summed E-state index contributed by atoms with van der Waals surface area (Å²) in [7, 11) is 0. The molecular weight excluding hydrogens is 238 g/mol. The van der Waals surface area contributed by atoms with Crippen molar-refractivity contribution in [1.29, 1.82) is 0 Å². The highest BCUT2D eigenvalue weighted by Crippen LogP contribution is 2.12. The minimum atomic E-state index is -0.177. The Bertz CT molecular complexity index is 727. The lowest BCUT2D eigenvalue weighted by Crippen LogP contribution is -2.15. The van der Waals surface area contributed by atoms with E-state index in [0.717, 1.165) is 0 Å². The van der Waals surface area contributed by atoms with Crippen LogP contribution in [-0.2, 0) is 0 Å². The fraction of sp³-hybridized carbons (Fsp3) is 0. The van der Waals surface area contributed by atoms with Crippen molar-refractivity contribution in [1.82, 2.24) is 34.7 Å². The smallest absolute Gasteiger partial charge is 0.220 e. The molecule has 0 aliphatic heterocycles. The maximum atomic E-state index is 8.54. The molecule has 3 heterocycles. The summed E-state index contributed by atoms with van der Waals surface area (Å²) in [4.78, 5) is 18.9. The number of nitrogens with zero attached hydrogens (tertiary/aromatic N) is 7. The number of imidazole rings is 1. The van der Waals surface area contributed by atoms with Gasteiger partial charge in [-0.2, -0.15) is 4.68 Å². The number of hydrogen-bond acceptors (Lipinski definition) is 7. The number of oxime groups is 1. The van der Waals surface area contributed by atoms with Gasteiger partial charge in [-0.15, -0.1) is 5.10 Å². The van der Waals surface area contributed by atoms with E-state index in [4.69, 9.17) is 10.9 Å². The highest BCUT2D eigenvalue weighted by molar-refractivity contribution is 5.93. The summed E-state index contributed by atoms with van der Waals surface area (Å²) in [6, 6.07) is 0. The van der Waals surface area contributed by atoms with Gasteiger partial charge in [0, 0.05) is 0 Å². The van der Waals surface area contributed by atoms with Gasteiger partial charge in [0.25, 0.3) is 0 Å². The van der Waals surface area contributed by atoms with Crippen LogP contribution in [0.1, 0.15) is 5.82 Å². The zero-order valence-corrected chi connectivity index (χ0v) is 8.89. The highest BCUT2D eigenvalue weighted by atomic mass is 16.4. The molecule has 0 saturated carbocycles. The van der Waals surface area contributed by atoms with Crippen molar-refractivity contribution in [3.05, 3.63) is 24.8 Å². The van der Waals surface area contributed by atoms with Crippen molar-refractivity contribution in [2.75, 3.05) is 0 Å². The summed E-state index contributed by atoms with van der Waals surface area (Å²) < 4.78 is 1.38. The minimum absolute atomic E-state index is 0.101. The lowest BCUT2D eigenvalue weighted by atomic mass is 10.5. The van der Waals surface area contributed by atoms with Crippen LogP contribution >= 0.6 is 0 Å². The number of aromatic amines is 1. The maximum Gasteiger partial charge on any atom is 0.220 e. The monoisotopic (exact) mass is 245 g/mol. The Morgan fingerprint density at radius 1 is 1.33 bits per heavy atom. The van der Waals surface area contributed by atoms with Crippen LogP contribution in [0.3, 0.4) is 0 Å². The number of H-pyrrole nitrogens is 1. The fourth-order valence-electron chi connectivity index (χ4n) is 1.45. The van der Waals surface area contributed by atoms with Gasteiger partial charge in [0.15, 0.2) is 11.5 Å². The van der Waals surface area contributed by atoms with Gasteiger partial charge in [0.05, 0.1) is 6.33 Å². The topological polar surface area (TPSA) is 144 Å². The number of fused-ring (bicyclic) bond motifs is 1. The van der Waals surface area contributed by atoms with Gasteiger partial charge in [0.2, 0.25) is 11.7 Å². The van der Waals surface area contributed by atoms with E-state index in [1.807, 2.05) is 0 Å². The molecule has 0 amide bonds. The molecule has 0 aliphatic rings. The Morgan fingerprint density at radius 3 is 3.06 bits per heavy atom. The molecule has 0 aromatic carbocycles. The molecule has 0 bridgehead atoms. The average Bonchev–Trinajstić information content (AvgIpc) is 3.05. The van der Waals surface area contributed by atoms with Gasteiger partial charge in [-0.25, -0.2) is 19.9 Å². The van der Waals surface area contributed by atoms with Crippen LogP contribution in [0.4, 0.5) is 0 Å². The molecule has 0 radical (unpaired) electrons. The SMILES string of the molecule is NC(=NO)c1ncn(-c2ncnc3nc[nH]c23)n1. The molecule has 0 spiro atoms. The lowest BCUT2D eigenvalue weighted by molar-refractivity contribution is 0.318. The molecule has 3 rings (SSSR count). The molecule has 4 N–H and O–H groups in total. The van der Waals surface area contributed by atoms with Crippen LogP contribution in [0.25, 0.3) is 17.0 Å². The van der Waals surface area contributed by atoms with Crippen molar-refractivity contribution in [2.45, 2.75) is 0 Å². The van der Waals surface area contributed by atoms with E-state index in [-0.39, 0.29) is 11.7 Å². The molecule has 3 aromatic rings. The van der Waals surface area contributed by atoms with Gasteiger partial charge < -0.3 is 15.9 Å².